The molecule has 0 fully saturated rings. The number of ether oxygens (including phenoxy) is 3. The van der Waals surface area contributed by atoms with E-state index in [2.05, 4.69) is 0 Å². The van der Waals surface area contributed by atoms with Crippen molar-refractivity contribution in [1.29, 1.82) is 0 Å². The Morgan fingerprint density at radius 1 is 1.47 bits per heavy atom. The lowest BCUT2D eigenvalue weighted by atomic mass is 10.1. The second kappa shape index (κ2) is 3.98. The minimum atomic E-state index is -0.412. The Hall–Kier alpha value is -1.42. The monoisotopic (exact) mass is 210 g/mol. The van der Waals surface area contributed by atoms with Crippen LogP contribution in [0.5, 0.6) is 17.2 Å². The van der Waals surface area contributed by atoms with Crippen LogP contribution in [0.15, 0.2) is 12.1 Å². The number of benzene rings is 1. The standard InChI is InChI=1S/C11H14O4/c1-7(12)3-8-4-9(13-2)5-10-11(8)15-6-14-10/h4-5,7,12H,3,6H2,1-2H3. The smallest absolute Gasteiger partial charge is 0.231 e. The highest BCUT2D eigenvalue weighted by molar-refractivity contribution is 5.53. The van der Waals surface area contributed by atoms with Crippen molar-refractivity contribution in [2.24, 2.45) is 0 Å². The van der Waals surface area contributed by atoms with E-state index in [1.165, 1.54) is 0 Å². The van der Waals surface area contributed by atoms with E-state index in [1.54, 1.807) is 20.1 Å². The zero-order valence-electron chi connectivity index (χ0n) is 8.82. The Labute approximate surface area is 88.4 Å². The fourth-order valence-corrected chi connectivity index (χ4v) is 1.64. The molecule has 4 nitrogen and oxygen atoms in total. The van der Waals surface area contributed by atoms with Gasteiger partial charge in [0.05, 0.1) is 13.2 Å². The Morgan fingerprint density at radius 2 is 2.27 bits per heavy atom. The second-order valence-corrected chi connectivity index (χ2v) is 3.57. The molecule has 82 valence electrons. The highest BCUT2D eigenvalue weighted by Gasteiger charge is 2.20. The summed E-state index contributed by atoms with van der Waals surface area (Å²) >= 11 is 0. The van der Waals surface area contributed by atoms with Crippen molar-refractivity contribution in [3.8, 4) is 17.2 Å². The largest absolute Gasteiger partial charge is 0.497 e. The molecule has 0 amide bonds. The minimum absolute atomic E-state index is 0.231. The quantitative estimate of drug-likeness (QED) is 0.818. The van der Waals surface area contributed by atoms with E-state index >= 15 is 0 Å². The first kappa shape index (κ1) is 10.1. The lowest BCUT2D eigenvalue weighted by Gasteiger charge is -2.10. The summed E-state index contributed by atoms with van der Waals surface area (Å²) in [4.78, 5) is 0. The van der Waals surface area contributed by atoms with Crippen LogP contribution in [-0.2, 0) is 6.42 Å². The lowest BCUT2D eigenvalue weighted by molar-refractivity contribution is 0.170. The summed E-state index contributed by atoms with van der Waals surface area (Å²) < 4.78 is 15.8. The summed E-state index contributed by atoms with van der Waals surface area (Å²) in [5.74, 6) is 2.12. The molecular weight excluding hydrogens is 196 g/mol. The Balaban J connectivity index is 2.38. The van der Waals surface area contributed by atoms with Gasteiger partial charge in [0.25, 0.3) is 0 Å². The summed E-state index contributed by atoms with van der Waals surface area (Å²) in [6.07, 6.45) is 0.119. The second-order valence-electron chi connectivity index (χ2n) is 3.57. The summed E-state index contributed by atoms with van der Waals surface area (Å²) in [5, 5.41) is 9.36. The first-order chi connectivity index (χ1) is 7.20. The van der Waals surface area contributed by atoms with Gasteiger partial charge in [-0.1, -0.05) is 0 Å². The number of aliphatic hydroxyl groups excluding tert-OH is 1. The highest BCUT2D eigenvalue weighted by Crippen LogP contribution is 2.39. The molecule has 0 aliphatic carbocycles. The molecule has 0 saturated carbocycles. The first-order valence-electron chi connectivity index (χ1n) is 4.85. The number of fused-ring (bicyclic) bond motifs is 1. The van der Waals surface area contributed by atoms with Gasteiger partial charge in [0.1, 0.15) is 5.75 Å². The van der Waals surface area contributed by atoms with Crippen LogP contribution < -0.4 is 14.2 Å². The van der Waals surface area contributed by atoms with Crippen molar-refractivity contribution in [2.45, 2.75) is 19.4 Å². The average Bonchev–Trinajstić information content (AvgIpc) is 2.64. The van der Waals surface area contributed by atoms with Gasteiger partial charge in [0, 0.05) is 18.1 Å². The van der Waals surface area contributed by atoms with E-state index in [-0.39, 0.29) is 6.79 Å². The molecular formula is C11H14O4. The van der Waals surface area contributed by atoms with Crippen LogP contribution in [0.1, 0.15) is 12.5 Å². The van der Waals surface area contributed by atoms with Gasteiger partial charge in [-0.3, -0.25) is 0 Å². The van der Waals surface area contributed by atoms with Crippen LogP contribution >= 0.6 is 0 Å². The maximum atomic E-state index is 9.36. The van der Waals surface area contributed by atoms with E-state index in [1.807, 2.05) is 6.07 Å². The van der Waals surface area contributed by atoms with Crippen molar-refractivity contribution < 1.29 is 19.3 Å². The molecule has 1 N–H and O–H groups in total. The van der Waals surface area contributed by atoms with E-state index in [9.17, 15) is 5.11 Å². The lowest BCUT2D eigenvalue weighted by Crippen LogP contribution is -2.05. The number of aliphatic hydroxyl groups is 1. The predicted molar refractivity (Wildman–Crippen MR) is 54.5 cm³/mol. The average molecular weight is 210 g/mol. The van der Waals surface area contributed by atoms with E-state index in [4.69, 9.17) is 14.2 Å². The molecule has 0 saturated heterocycles. The normalized spacial score (nSPS) is 15.1. The minimum Gasteiger partial charge on any atom is -0.497 e. The van der Waals surface area contributed by atoms with E-state index in [0.29, 0.717) is 12.2 Å². The van der Waals surface area contributed by atoms with E-state index in [0.717, 1.165) is 17.1 Å². The van der Waals surface area contributed by atoms with Gasteiger partial charge >= 0.3 is 0 Å². The molecule has 4 heteroatoms. The number of hydrogen-bond acceptors (Lipinski definition) is 4. The summed E-state index contributed by atoms with van der Waals surface area (Å²) in [7, 11) is 1.60. The predicted octanol–water partition coefficient (Wildman–Crippen LogP) is 1.35. The molecule has 0 bridgehead atoms. The third-order valence-corrected chi connectivity index (χ3v) is 2.27. The third kappa shape index (κ3) is 1.99. The Morgan fingerprint density at radius 3 is 2.93 bits per heavy atom. The topological polar surface area (TPSA) is 47.9 Å². The van der Waals surface area contributed by atoms with Crippen LogP contribution in [0.4, 0.5) is 0 Å². The van der Waals surface area contributed by atoms with Crippen molar-refractivity contribution in [2.75, 3.05) is 13.9 Å². The molecule has 1 unspecified atom stereocenters. The fraction of sp³-hybridized carbons (Fsp3) is 0.455. The SMILES string of the molecule is COc1cc(CC(C)O)c2c(c1)OCO2. The summed E-state index contributed by atoms with van der Waals surface area (Å²) in [5.41, 5.74) is 0.914. The van der Waals surface area contributed by atoms with Crippen molar-refractivity contribution in [3.63, 3.8) is 0 Å². The van der Waals surface area contributed by atoms with Crippen LogP contribution in [0.3, 0.4) is 0 Å². The van der Waals surface area contributed by atoms with Crippen LogP contribution in [0.25, 0.3) is 0 Å². The maximum absolute atomic E-state index is 9.36. The molecule has 1 aromatic rings. The summed E-state index contributed by atoms with van der Waals surface area (Å²) in [6, 6.07) is 3.65. The molecule has 0 radical (unpaired) electrons. The van der Waals surface area contributed by atoms with E-state index < -0.39 is 6.10 Å². The van der Waals surface area contributed by atoms with Gasteiger partial charge in [0.15, 0.2) is 11.5 Å². The molecule has 1 aliphatic rings. The van der Waals surface area contributed by atoms with Gasteiger partial charge in [-0.25, -0.2) is 0 Å². The van der Waals surface area contributed by atoms with Crippen LogP contribution in [0.2, 0.25) is 0 Å². The molecule has 2 rings (SSSR count). The number of methoxy groups -OCH3 is 1. The molecule has 1 aliphatic heterocycles. The fourth-order valence-electron chi connectivity index (χ4n) is 1.64. The maximum Gasteiger partial charge on any atom is 0.231 e. The first-order valence-corrected chi connectivity index (χ1v) is 4.85. The highest BCUT2D eigenvalue weighted by atomic mass is 16.7. The van der Waals surface area contributed by atoms with Gasteiger partial charge in [-0.2, -0.15) is 0 Å². The van der Waals surface area contributed by atoms with Crippen LogP contribution in [0, 0.1) is 0 Å². The molecule has 15 heavy (non-hydrogen) atoms. The molecule has 1 atom stereocenters. The van der Waals surface area contributed by atoms with Crippen molar-refractivity contribution in [1.82, 2.24) is 0 Å². The molecule has 0 aromatic heterocycles. The third-order valence-electron chi connectivity index (χ3n) is 2.27. The van der Waals surface area contributed by atoms with Crippen LogP contribution in [-0.4, -0.2) is 25.1 Å². The van der Waals surface area contributed by atoms with Gasteiger partial charge < -0.3 is 19.3 Å². The molecule has 1 heterocycles. The van der Waals surface area contributed by atoms with Gasteiger partial charge in [-0.15, -0.1) is 0 Å². The van der Waals surface area contributed by atoms with Gasteiger partial charge in [-0.05, 0) is 13.0 Å². The van der Waals surface area contributed by atoms with Crippen molar-refractivity contribution in [3.05, 3.63) is 17.7 Å². The Bertz CT molecular complexity index is 360. The Kier molecular flexibility index (Phi) is 2.68. The molecule has 1 aromatic carbocycles. The number of hydrogen-bond donors (Lipinski definition) is 1. The van der Waals surface area contributed by atoms with Crippen molar-refractivity contribution >= 4 is 0 Å². The summed E-state index contributed by atoms with van der Waals surface area (Å²) in [6.45, 7) is 1.97. The number of rotatable bonds is 3. The zero-order valence-corrected chi connectivity index (χ0v) is 8.82. The van der Waals surface area contributed by atoms with Gasteiger partial charge in [0.2, 0.25) is 6.79 Å². The zero-order chi connectivity index (χ0) is 10.8. The molecule has 0 spiro atoms.